The number of fused-ring (bicyclic) bond motifs is 1. The van der Waals surface area contributed by atoms with Gasteiger partial charge in [-0.1, -0.05) is 18.9 Å². The smallest absolute Gasteiger partial charge is 0.162 e. The highest BCUT2D eigenvalue weighted by Crippen LogP contribution is 2.33. The van der Waals surface area contributed by atoms with Gasteiger partial charge in [-0.05, 0) is 24.8 Å². The van der Waals surface area contributed by atoms with Crippen molar-refractivity contribution >= 4 is 11.6 Å². The SMILES string of the molecule is O=C1C=CC2CCCCC2C(=O)C1. The van der Waals surface area contributed by atoms with Crippen LogP contribution in [-0.2, 0) is 9.59 Å². The molecule has 2 atom stereocenters. The molecular weight excluding hydrogens is 164 g/mol. The normalized spacial score (nSPS) is 34.2. The molecule has 0 amide bonds. The molecule has 2 heteroatoms. The molecule has 1 saturated carbocycles. The van der Waals surface area contributed by atoms with E-state index in [2.05, 4.69) is 0 Å². The predicted octanol–water partition coefficient (Wildman–Crippen LogP) is 1.89. The van der Waals surface area contributed by atoms with E-state index >= 15 is 0 Å². The van der Waals surface area contributed by atoms with Gasteiger partial charge in [-0.2, -0.15) is 0 Å². The molecular formula is C11H14O2. The molecule has 0 bridgehead atoms. The summed E-state index contributed by atoms with van der Waals surface area (Å²) in [5, 5.41) is 0. The first-order chi connectivity index (χ1) is 6.27. The summed E-state index contributed by atoms with van der Waals surface area (Å²) in [6.45, 7) is 0. The first-order valence-electron chi connectivity index (χ1n) is 5.01. The van der Waals surface area contributed by atoms with Gasteiger partial charge in [0.2, 0.25) is 0 Å². The van der Waals surface area contributed by atoms with Gasteiger partial charge in [0.15, 0.2) is 5.78 Å². The summed E-state index contributed by atoms with van der Waals surface area (Å²) < 4.78 is 0. The van der Waals surface area contributed by atoms with Crippen molar-refractivity contribution in [2.45, 2.75) is 32.1 Å². The first kappa shape index (κ1) is 8.67. The van der Waals surface area contributed by atoms with Crippen molar-refractivity contribution in [2.75, 3.05) is 0 Å². The molecule has 0 heterocycles. The molecule has 0 saturated heterocycles. The van der Waals surface area contributed by atoms with Crippen molar-refractivity contribution in [3.63, 3.8) is 0 Å². The minimum Gasteiger partial charge on any atom is -0.299 e. The van der Waals surface area contributed by atoms with E-state index in [0.717, 1.165) is 19.3 Å². The first-order valence-corrected chi connectivity index (χ1v) is 5.01. The minimum atomic E-state index is -0.0144. The minimum absolute atomic E-state index is 0.0144. The molecule has 2 aliphatic rings. The Kier molecular flexibility index (Phi) is 2.30. The van der Waals surface area contributed by atoms with Crippen LogP contribution in [0.25, 0.3) is 0 Å². The zero-order valence-corrected chi connectivity index (χ0v) is 7.66. The molecule has 0 aromatic heterocycles. The topological polar surface area (TPSA) is 34.1 Å². The molecule has 2 unspecified atom stereocenters. The molecule has 0 N–H and O–H groups in total. The van der Waals surface area contributed by atoms with Crippen molar-refractivity contribution in [2.24, 2.45) is 11.8 Å². The number of rotatable bonds is 0. The van der Waals surface area contributed by atoms with Gasteiger partial charge in [-0.3, -0.25) is 9.59 Å². The standard InChI is InChI=1S/C11H14O2/c12-9-6-5-8-3-1-2-4-10(8)11(13)7-9/h5-6,8,10H,1-4,7H2. The summed E-state index contributed by atoms with van der Waals surface area (Å²) in [6.07, 6.45) is 8.12. The van der Waals surface area contributed by atoms with Gasteiger partial charge in [0.1, 0.15) is 5.78 Å². The number of carbonyl (C=O) groups is 2. The number of hydrogen-bond acceptors (Lipinski definition) is 2. The van der Waals surface area contributed by atoms with Crippen molar-refractivity contribution in [1.29, 1.82) is 0 Å². The van der Waals surface area contributed by atoms with E-state index < -0.39 is 0 Å². The summed E-state index contributed by atoms with van der Waals surface area (Å²) in [5.74, 6) is 0.656. The zero-order chi connectivity index (χ0) is 9.26. The molecule has 2 rings (SSSR count). The van der Waals surface area contributed by atoms with Gasteiger partial charge in [0, 0.05) is 5.92 Å². The molecule has 0 radical (unpaired) electrons. The summed E-state index contributed by atoms with van der Waals surface area (Å²) in [5.41, 5.74) is 0. The Morgan fingerprint density at radius 3 is 2.77 bits per heavy atom. The molecule has 0 aliphatic heterocycles. The highest BCUT2D eigenvalue weighted by molar-refractivity contribution is 6.06. The van der Waals surface area contributed by atoms with E-state index in [1.54, 1.807) is 6.08 Å². The summed E-state index contributed by atoms with van der Waals surface area (Å²) in [7, 11) is 0. The Bertz CT molecular complexity index is 265. The van der Waals surface area contributed by atoms with E-state index in [4.69, 9.17) is 0 Å². The van der Waals surface area contributed by atoms with Crippen molar-refractivity contribution < 1.29 is 9.59 Å². The molecule has 0 aromatic carbocycles. The Balaban J connectivity index is 2.20. The molecule has 0 spiro atoms. The molecule has 1 fully saturated rings. The van der Waals surface area contributed by atoms with Crippen LogP contribution in [0.15, 0.2) is 12.2 Å². The third kappa shape index (κ3) is 1.71. The Labute approximate surface area is 78.0 Å². The Morgan fingerprint density at radius 1 is 1.15 bits per heavy atom. The summed E-state index contributed by atoms with van der Waals surface area (Å²) in [6, 6.07) is 0. The third-order valence-electron chi connectivity index (χ3n) is 3.11. The maximum atomic E-state index is 11.6. The monoisotopic (exact) mass is 178 g/mol. The number of allylic oxidation sites excluding steroid dienone is 2. The second-order valence-electron chi connectivity index (χ2n) is 4.02. The van der Waals surface area contributed by atoms with E-state index in [9.17, 15) is 9.59 Å². The molecule has 13 heavy (non-hydrogen) atoms. The lowest BCUT2D eigenvalue weighted by Gasteiger charge is -2.26. The van der Waals surface area contributed by atoms with Gasteiger partial charge in [0.25, 0.3) is 0 Å². The largest absolute Gasteiger partial charge is 0.299 e. The van der Waals surface area contributed by atoms with Gasteiger partial charge < -0.3 is 0 Å². The summed E-state index contributed by atoms with van der Waals surface area (Å²) in [4.78, 5) is 22.7. The predicted molar refractivity (Wildman–Crippen MR) is 49.2 cm³/mol. The van der Waals surface area contributed by atoms with Crippen LogP contribution in [0.2, 0.25) is 0 Å². The van der Waals surface area contributed by atoms with Crippen LogP contribution < -0.4 is 0 Å². The fourth-order valence-electron chi connectivity index (χ4n) is 2.38. The van der Waals surface area contributed by atoms with E-state index in [-0.39, 0.29) is 23.9 Å². The molecule has 70 valence electrons. The second-order valence-corrected chi connectivity index (χ2v) is 4.02. The average Bonchev–Trinajstić information content (AvgIpc) is 2.27. The molecule has 2 nitrogen and oxygen atoms in total. The average molecular weight is 178 g/mol. The zero-order valence-electron chi connectivity index (χ0n) is 7.66. The fraction of sp³-hybridized carbons (Fsp3) is 0.636. The Morgan fingerprint density at radius 2 is 1.92 bits per heavy atom. The highest BCUT2D eigenvalue weighted by Gasteiger charge is 2.31. The van der Waals surface area contributed by atoms with Gasteiger partial charge in [0.05, 0.1) is 6.42 Å². The second kappa shape index (κ2) is 3.44. The number of hydrogen-bond donors (Lipinski definition) is 0. The van der Waals surface area contributed by atoms with E-state index in [0.29, 0.717) is 5.92 Å². The van der Waals surface area contributed by atoms with Crippen LogP contribution >= 0.6 is 0 Å². The van der Waals surface area contributed by atoms with Gasteiger partial charge in [-0.15, -0.1) is 0 Å². The highest BCUT2D eigenvalue weighted by atomic mass is 16.1. The van der Waals surface area contributed by atoms with Crippen LogP contribution in [0.4, 0.5) is 0 Å². The quantitative estimate of drug-likeness (QED) is 0.531. The maximum Gasteiger partial charge on any atom is 0.162 e. The lowest BCUT2D eigenvalue weighted by Crippen LogP contribution is -2.25. The lowest BCUT2D eigenvalue weighted by molar-refractivity contribution is -0.128. The van der Waals surface area contributed by atoms with E-state index in [1.165, 1.54) is 6.42 Å². The van der Waals surface area contributed by atoms with Gasteiger partial charge in [-0.25, -0.2) is 0 Å². The maximum absolute atomic E-state index is 11.6. The van der Waals surface area contributed by atoms with Crippen LogP contribution in [0, 0.1) is 11.8 Å². The van der Waals surface area contributed by atoms with Crippen LogP contribution in [0.5, 0.6) is 0 Å². The van der Waals surface area contributed by atoms with Crippen molar-refractivity contribution in [3.05, 3.63) is 12.2 Å². The van der Waals surface area contributed by atoms with Crippen LogP contribution in [0.1, 0.15) is 32.1 Å². The van der Waals surface area contributed by atoms with Crippen molar-refractivity contribution in [3.8, 4) is 0 Å². The number of ketones is 2. The van der Waals surface area contributed by atoms with E-state index in [1.807, 2.05) is 6.08 Å². The number of carbonyl (C=O) groups excluding carboxylic acids is 2. The Hall–Kier alpha value is -0.920. The van der Waals surface area contributed by atoms with Crippen LogP contribution in [0.3, 0.4) is 0 Å². The lowest BCUT2D eigenvalue weighted by atomic mass is 9.77. The number of Topliss-reactive ketones (excluding diaryl/α,β-unsaturated/α-hetero) is 1. The van der Waals surface area contributed by atoms with Crippen LogP contribution in [-0.4, -0.2) is 11.6 Å². The fourth-order valence-corrected chi connectivity index (χ4v) is 2.38. The third-order valence-corrected chi connectivity index (χ3v) is 3.11. The van der Waals surface area contributed by atoms with Gasteiger partial charge >= 0.3 is 0 Å². The molecule has 2 aliphatic carbocycles. The molecule has 0 aromatic rings. The summed E-state index contributed by atoms with van der Waals surface area (Å²) >= 11 is 0. The van der Waals surface area contributed by atoms with Crippen molar-refractivity contribution in [1.82, 2.24) is 0 Å².